The standard InChI is InChI=1S/C25H21F4N5O2/c26-19-6-2-4-8-21(19)34-23(25(27,28)29)18(15-31-34)24(36)33-11-9-32(10-12-33)22(35)13-16-14-30-20-7-3-1-5-17(16)20/h1-8,14-15,30H,9-13H2. The molecule has 0 unspecified atom stereocenters. The van der Waals surface area contributed by atoms with Gasteiger partial charge in [-0.2, -0.15) is 18.3 Å². The van der Waals surface area contributed by atoms with Gasteiger partial charge in [-0.3, -0.25) is 9.59 Å². The summed E-state index contributed by atoms with van der Waals surface area (Å²) in [5.74, 6) is -1.89. The van der Waals surface area contributed by atoms with E-state index < -0.39 is 34.8 Å². The predicted octanol–water partition coefficient (Wildman–Crippen LogP) is 4.04. The molecule has 11 heteroatoms. The maximum atomic E-state index is 14.2. The lowest BCUT2D eigenvalue weighted by Gasteiger charge is -2.35. The zero-order chi connectivity index (χ0) is 25.4. The summed E-state index contributed by atoms with van der Waals surface area (Å²) in [4.78, 5) is 31.9. The number of halogens is 4. The Balaban J connectivity index is 1.30. The van der Waals surface area contributed by atoms with Crippen LogP contribution in [0.5, 0.6) is 0 Å². The summed E-state index contributed by atoms with van der Waals surface area (Å²) in [6.07, 6.45) is -2.17. The number of para-hydroxylation sites is 2. The number of nitrogens with zero attached hydrogens (tertiary/aromatic N) is 4. The molecule has 7 nitrogen and oxygen atoms in total. The minimum Gasteiger partial charge on any atom is -0.361 e. The van der Waals surface area contributed by atoms with E-state index in [9.17, 15) is 27.2 Å². The monoisotopic (exact) mass is 499 g/mol. The van der Waals surface area contributed by atoms with Gasteiger partial charge in [-0.15, -0.1) is 0 Å². The number of aromatic nitrogens is 3. The lowest BCUT2D eigenvalue weighted by Crippen LogP contribution is -2.51. The quantitative estimate of drug-likeness (QED) is 0.431. The smallest absolute Gasteiger partial charge is 0.361 e. The zero-order valence-corrected chi connectivity index (χ0v) is 18.9. The summed E-state index contributed by atoms with van der Waals surface area (Å²) < 4.78 is 56.4. The first-order chi connectivity index (χ1) is 17.2. The summed E-state index contributed by atoms with van der Waals surface area (Å²) in [6, 6.07) is 12.5. The molecular formula is C25H21F4N5O2. The largest absolute Gasteiger partial charge is 0.434 e. The number of H-pyrrole nitrogens is 1. The summed E-state index contributed by atoms with van der Waals surface area (Å²) in [7, 11) is 0. The number of hydrogen-bond acceptors (Lipinski definition) is 3. The van der Waals surface area contributed by atoms with E-state index in [4.69, 9.17) is 0 Å². The molecule has 0 radical (unpaired) electrons. The summed E-state index contributed by atoms with van der Waals surface area (Å²) in [5.41, 5.74) is -0.632. The van der Waals surface area contributed by atoms with Gasteiger partial charge in [0.25, 0.3) is 5.91 Å². The van der Waals surface area contributed by atoms with Crippen LogP contribution in [0.25, 0.3) is 16.6 Å². The molecule has 5 rings (SSSR count). The van der Waals surface area contributed by atoms with Crippen LogP contribution in [0.3, 0.4) is 0 Å². The van der Waals surface area contributed by atoms with Gasteiger partial charge in [0.15, 0.2) is 5.69 Å². The zero-order valence-electron chi connectivity index (χ0n) is 18.9. The molecule has 1 N–H and O–H groups in total. The third-order valence-corrected chi connectivity index (χ3v) is 6.28. The van der Waals surface area contributed by atoms with E-state index in [1.165, 1.54) is 17.0 Å². The molecule has 4 aromatic rings. The van der Waals surface area contributed by atoms with Gasteiger partial charge in [0.2, 0.25) is 5.91 Å². The third kappa shape index (κ3) is 4.32. The molecule has 1 saturated heterocycles. The molecule has 0 saturated carbocycles. The van der Waals surface area contributed by atoms with Crippen molar-refractivity contribution in [3.8, 4) is 5.69 Å². The highest BCUT2D eigenvalue weighted by Gasteiger charge is 2.42. The van der Waals surface area contributed by atoms with Crippen LogP contribution in [0.1, 0.15) is 21.6 Å². The van der Waals surface area contributed by atoms with Crippen molar-refractivity contribution in [2.45, 2.75) is 12.6 Å². The Morgan fingerprint density at radius 3 is 2.33 bits per heavy atom. The average Bonchev–Trinajstić information content (AvgIpc) is 3.49. The first kappa shape index (κ1) is 23.6. The first-order valence-electron chi connectivity index (χ1n) is 11.3. The van der Waals surface area contributed by atoms with Gasteiger partial charge >= 0.3 is 6.18 Å². The minimum absolute atomic E-state index is 0.0701. The second-order valence-corrected chi connectivity index (χ2v) is 8.48. The fraction of sp³-hybridized carbons (Fsp3) is 0.240. The maximum Gasteiger partial charge on any atom is 0.434 e. The summed E-state index contributed by atoms with van der Waals surface area (Å²) in [5, 5.41) is 4.63. The Labute approximate surface area is 202 Å². The number of fused-ring (bicyclic) bond motifs is 1. The molecule has 0 aliphatic carbocycles. The van der Waals surface area contributed by atoms with Crippen LogP contribution in [-0.2, 0) is 17.4 Å². The highest BCUT2D eigenvalue weighted by molar-refractivity contribution is 5.96. The van der Waals surface area contributed by atoms with E-state index >= 15 is 0 Å². The number of nitrogens with one attached hydrogen (secondary N) is 1. The second kappa shape index (κ2) is 9.14. The van der Waals surface area contributed by atoms with E-state index in [1.54, 1.807) is 11.1 Å². The van der Waals surface area contributed by atoms with E-state index in [1.807, 2.05) is 24.3 Å². The van der Waals surface area contributed by atoms with Crippen LogP contribution in [0.4, 0.5) is 17.6 Å². The van der Waals surface area contributed by atoms with E-state index in [-0.39, 0.29) is 38.5 Å². The number of aromatic amines is 1. The SMILES string of the molecule is O=C(Cc1c[nH]c2ccccc12)N1CCN(C(=O)c2cnn(-c3ccccc3F)c2C(F)(F)F)CC1. The number of benzene rings is 2. The van der Waals surface area contributed by atoms with Crippen LogP contribution in [-0.4, -0.2) is 62.6 Å². The Bertz CT molecular complexity index is 1430. The third-order valence-electron chi connectivity index (χ3n) is 6.28. The molecule has 36 heavy (non-hydrogen) atoms. The minimum atomic E-state index is -4.94. The lowest BCUT2D eigenvalue weighted by molar-refractivity contribution is -0.143. The topological polar surface area (TPSA) is 74.2 Å². The number of piperazine rings is 1. The lowest BCUT2D eigenvalue weighted by atomic mass is 10.1. The molecule has 3 heterocycles. The Hall–Kier alpha value is -4.15. The number of amides is 2. The Morgan fingerprint density at radius 2 is 1.61 bits per heavy atom. The molecule has 0 atom stereocenters. The molecule has 1 aliphatic heterocycles. The number of carbonyl (C=O) groups excluding carboxylic acids is 2. The van der Waals surface area contributed by atoms with Crippen LogP contribution in [0.15, 0.2) is 60.9 Å². The average molecular weight is 499 g/mol. The van der Waals surface area contributed by atoms with Crippen molar-refractivity contribution in [1.82, 2.24) is 24.6 Å². The van der Waals surface area contributed by atoms with Gasteiger partial charge in [0, 0.05) is 43.3 Å². The summed E-state index contributed by atoms with van der Waals surface area (Å²) in [6.45, 7) is 0.521. The van der Waals surface area contributed by atoms with Gasteiger partial charge < -0.3 is 14.8 Å². The van der Waals surface area contributed by atoms with E-state index in [0.717, 1.165) is 34.8 Å². The molecule has 186 valence electrons. The van der Waals surface area contributed by atoms with Crippen molar-refractivity contribution in [3.63, 3.8) is 0 Å². The van der Waals surface area contributed by atoms with Gasteiger partial charge in [-0.05, 0) is 23.8 Å². The van der Waals surface area contributed by atoms with Crippen molar-refractivity contribution >= 4 is 22.7 Å². The molecule has 2 aromatic carbocycles. The van der Waals surface area contributed by atoms with Crippen molar-refractivity contribution in [3.05, 3.63) is 83.6 Å². The molecule has 2 aromatic heterocycles. The van der Waals surface area contributed by atoms with Crippen LogP contribution in [0, 0.1) is 5.82 Å². The fourth-order valence-electron chi connectivity index (χ4n) is 4.47. The van der Waals surface area contributed by atoms with Crippen LogP contribution in [0.2, 0.25) is 0 Å². The van der Waals surface area contributed by atoms with Crippen molar-refractivity contribution < 1.29 is 27.2 Å². The van der Waals surface area contributed by atoms with Gasteiger partial charge in [-0.25, -0.2) is 9.07 Å². The maximum absolute atomic E-state index is 14.2. The molecule has 1 fully saturated rings. The number of rotatable bonds is 4. The van der Waals surface area contributed by atoms with Gasteiger partial charge in [0.1, 0.15) is 11.5 Å². The predicted molar refractivity (Wildman–Crippen MR) is 123 cm³/mol. The van der Waals surface area contributed by atoms with Crippen molar-refractivity contribution in [2.24, 2.45) is 0 Å². The van der Waals surface area contributed by atoms with Crippen molar-refractivity contribution in [1.29, 1.82) is 0 Å². The summed E-state index contributed by atoms with van der Waals surface area (Å²) >= 11 is 0. The number of alkyl halides is 3. The van der Waals surface area contributed by atoms with Crippen LogP contribution >= 0.6 is 0 Å². The molecule has 0 spiro atoms. The molecule has 1 aliphatic rings. The number of hydrogen-bond donors (Lipinski definition) is 1. The van der Waals surface area contributed by atoms with Crippen LogP contribution < -0.4 is 0 Å². The molecule has 2 amide bonds. The fourth-order valence-corrected chi connectivity index (χ4v) is 4.47. The van der Waals surface area contributed by atoms with E-state index in [2.05, 4.69) is 10.1 Å². The van der Waals surface area contributed by atoms with E-state index in [0.29, 0.717) is 4.68 Å². The second-order valence-electron chi connectivity index (χ2n) is 8.48. The normalized spacial score (nSPS) is 14.4. The van der Waals surface area contributed by atoms with Gasteiger partial charge in [0.05, 0.1) is 18.2 Å². The molecule has 0 bridgehead atoms. The number of carbonyl (C=O) groups is 2. The Kier molecular flexibility index (Phi) is 5.99. The highest BCUT2D eigenvalue weighted by atomic mass is 19.4. The van der Waals surface area contributed by atoms with Crippen molar-refractivity contribution in [2.75, 3.05) is 26.2 Å². The highest BCUT2D eigenvalue weighted by Crippen LogP contribution is 2.35. The first-order valence-corrected chi connectivity index (χ1v) is 11.3. The molecular weight excluding hydrogens is 478 g/mol. The Morgan fingerprint density at radius 1 is 0.944 bits per heavy atom. The van der Waals surface area contributed by atoms with Gasteiger partial charge in [-0.1, -0.05) is 30.3 Å².